The molecule has 0 saturated carbocycles. The average molecular weight is 363 g/mol. The zero-order chi connectivity index (χ0) is 18.1. The monoisotopic (exact) mass is 362 g/mol. The predicted octanol–water partition coefficient (Wildman–Crippen LogP) is 4.30. The van der Waals surface area contributed by atoms with Gasteiger partial charge in [0.15, 0.2) is 0 Å². The minimum absolute atomic E-state index is 0.435. The molecular formula is C16H18ClF3N2O2. The summed E-state index contributed by atoms with van der Waals surface area (Å²) in [7, 11) is 0. The maximum Gasteiger partial charge on any atom is 0.490 e. The Morgan fingerprint density at radius 2 is 2.00 bits per heavy atom. The summed E-state index contributed by atoms with van der Waals surface area (Å²) in [6, 6.07) is 6.57. The Morgan fingerprint density at radius 3 is 2.54 bits per heavy atom. The number of halogens is 4. The van der Waals surface area contributed by atoms with Gasteiger partial charge in [-0.1, -0.05) is 31.5 Å². The van der Waals surface area contributed by atoms with Crippen molar-refractivity contribution in [1.29, 1.82) is 0 Å². The van der Waals surface area contributed by atoms with Crippen LogP contribution in [0.5, 0.6) is 0 Å². The lowest BCUT2D eigenvalue weighted by Crippen LogP contribution is -2.32. The lowest BCUT2D eigenvalue weighted by molar-refractivity contribution is -0.192. The number of hydrogen-bond donors (Lipinski definition) is 3. The summed E-state index contributed by atoms with van der Waals surface area (Å²) in [5.74, 6) is -2.16. The summed E-state index contributed by atoms with van der Waals surface area (Å²) in [4.78, 5) is 12.4. The summed E-state index contributed by atoms with van der Waals surface area (Å²) in [5.41, 5.74) is 3.98. The number of aromatic amines is 1. The van der Waals surface area contributed by atoms with E-state index in [1.165, 1.54) is 16.6 Å². The van der Waals surface area contributed by atoms with Crippen LogP contribution in [0.25, 0.3) is 10.9 Å². The van der Waals surface area contributed by atoms with Gasteiger partial charge in [0.1, 0.15) is 0 Å². The van der Waals surface area contributed by atoms with Gasteiger partial charge in [-0.05, 0) is 36.6 Å². The summed E-state index contributed by atoms with van der Waals surface area (Å²) in [5, 5.41) is 12.8. The Bertz CT molecular complexity index is 741. The van der Waals surface area contributed by atoms with E-state index in [9.17, 15) is 13.2 Å². The number of fused-ring (bicyclic) bond motifs is 3. The Morgan fingerprint density at radius 1 is 1.38 bits per heavy atom. The van der Waals surface area contributed by atoms with Crippen LogP contribution >= 0.6 is 11.6 Å². The molecule has 1 aromatic carbocycles. The zero-order valence-corrected chi connectivity index (χ0v) is 13.9. The number of alkyl halides is 3. The molecule has 8 heteroatoms. The highest BCUT2D eigenvalue weighted by molar-refractivity contribution is 6.31. The van der Waals surface area contributed by atoms with Crippen LogP contribution in [0, 0.1) is 5.92 Å². The van der Waals surface area contributed by atoms with Crippen LogP contribution in [-0.4, -0.2) is 28.8 Å². The largest absolute Gasteiger partial charge is 0.490 e. The number of carboxylic acid groups (broad SMARTS) is 1. The van der Waals surface area contributed by atoms with Crippen LogP contribution in [0.3, 0.4) is 0 Å². The molecule has 3 rings (SSSR count). The van der Waals surface area contributed by atoms with E-state index in [1.807, 2.05) is 12.1 Å². The fourth-order valence-electron chi connectivity index (χ4n) is 2.81. The van der Waals surface area contributed by atoms with Crippen molar-refractivity contribution >= 4 is 28.5 Å². The molecule has 0 radical (unpaired) electrons. The fraction of sp³-hybridized carbons (Fsp3) is 0.438. The molecule has 1 atom stereocenters. The Hall–Kier alpha value is -1.73. The second kappa shape index (κ2) is 7.03. The van der Waals surface area contributed by atoms with Gasteiger partial charge in [0.25, 0.3) is 0 Å². The van der Waals surface area contributed by atoms with Gasteiger partial charge < -0.3 is 15.4 Å². The number of carbonyl (C=O) groups is 1. The Kier molecular flexibility index (Phi) is 5.45. The van der Waals surface area contributed by atoms with Crippen LogP contribution in [0.15, 0.2) is 18.2 Å². The van der Waals surface area contributed by atoms with Gasteiger partial charge in [0.05, 0.1) is 0 Å². The smallest absolute Gasteiger partial charge is 0.475 e. The molecule has 0 bridgehead atoms. The highest BCUT2D eigenvalue weighted by atomic mass is 35.5. The van der Waals surface area contributed by atoms with Crippen molar-refractivity contribution in [3.8, 4) is 0 Å². The number of H-pyrrole nitrogens is 1. The first-order valence-corrected chi connectivity index (χ1v) is 7.82. The van der Waals surface area contributed by atoms with E-state index < -0.39 is 12.1 Å². The van der Waals surface area contributed by atoms with E-state index in [4.69, 9.17) is 21.5 Å². The van der Waals surface area contributed by atoms with Crippen molar-refractivity contribution < 1.29 is 23.1 Å². The van der Waals surface area contributed by atoms with Crippen molar-refractivity contribution in [2.45, 2.75) is 32.5 Å². The maximum absolute atomic E-state index is 10.6. The van der Waals surface area contributed by atoms with Crippen molar-refractivity contribution in [3.05, 3.63) is 34.5 Å². The highest BCUT2D eigenvalue weighted by Gasteiger charge is 2.38. The zero-order valence-electron chi connectivity index (χ0n) is 13.2. The number of nitrogens with one attached hydrogen (secondary N) is 2. The minimum Gasteiger partial charge on any atom is -0.475 e. The van der Waals surface area contributed by atoms with Crippen molar-refractivity contribution in [1.82, 2.24) is 10.3 Å². The molecule has 4 nitrogen and oxygen atoms in total. The standard InChI is InChI=1S/C14H17ClN2.C2HF3O2/c1-8(2)13-14-11(5-6-16-13)10-4-3-9(15)7-12(10)17-14;3-2(4,5)1(6)7/h3-4,7-8,13,16-17H,5-6H2,1-2H3;(H,6,7). The van der Waals surface area contributed by atoms with Crippen LogP contribution in [0.4, 0.5) is 13.2 Å². The molecule has 1 aliphatic heterocycles. The lowest BCUT2D eigenvalue weighted by Gasteiger charge is -2.27. The molecule has 1 unspecified atom stereocenters. The molecule has 0 aliphatic carbocycles. The van der Waals surface area contributed by atoms with Crippen molar-refractivity contribution in [2.24, 2.45) is 5.92 Å². The Balaban J connectivity index is 0.000000256. The Labute approximate surface area is 142 Å². The van der Waals surface area contributed by atoms with Gasteiger partial charge in [0, 0.05) is 27.7 Å². The number of carboxylic acids is 1. The summed E-state index contributed by atoms with van der Waals surface area (Å²) < 4.78 is 31.7. The van der Waals surface area contributed by atoms with Crippen LogP contribution < -0.4 is 5.32 Å². The molecule has 3 N–H and O–H groups in total. The van der Waals surface area contributed by atoms with Gasteiger partial charge in [0.2, 0.25) is 0 Å². The molecule has 0 saturated heterocycles. The topological polar surface area (TPSA) is 65.1 Å². The molecule has 1 aliphatic rings. The van der Waals surface area contributed by atoms with Crippen LogP contribution in [0.1, 0.15) is 31.1 Å². The van der Waals surface area contributed by atoms with E-state index >= 15 is 0 Å². The average Bonchev–Trinajstić information content (AvgIpc) is 2.83. The molecule has 0 spiro atoms. The number of benzene rings is 1. The molecule has 1 aromatic heterocycles. The summed E-state index contributed by atoms with van der Waals surface area (Å²) >= 11 is 6.05. The molecule has 24 heavy (non-hydrogen) atoms. The third-order valence-corrected chi connectivity index (χ3v) is 4.10. The highest BCUT2D eigenvalue weighted by Crippen LogP contribution is 2.34. The van der Waals surface area contributed by atoms with Gasteiger partial charge in [-0.3, -0.25) is 0 Å². The first-order chi connectivity index (χ1) is 11.1. The number of rotatable bonds is 1. The van der Waals surface area contributed by atoms with Gasteiger partial charge in [-0.15, -0.1) is 0 Å². The van der Waals surface area contributed by atoms with Gasteiger partial charge >= 0.3 is 12.1 Å². The SMILES string of the molecule is CC(C)C1NCCc2c1[nH]c1cc(Cl)ccc21.O=C(O)C(F)(F)F. The molecule has 0 fully saturated rings. The predicted molar refractivity (Wildman–Crippen MR) is 86.3 cm³/mol. The second-order valence-electron chi connectivity index (χ2n) is 5.94. The van der Waals surface area contributed by atoms with E-state index in [1.54, 1.807) is 0 Å². The van der Waals surface area contributed by atoms with Gasteiger partial charge in [-0.2, -0.15) is 13.2 Å². The van der Waals surface area contributed by atoms with Crippen LogP contribution in [0.2, 0.25) is 5.02 Å². The first kappa shape index (κ1) is 18.6. The number of aliphatic carboxylic acids is 1. The fourth-order valence-corrected chi connectivity index (χ4v) is 2.98. The lowest BCUT2D eigenvalue weighted by atomic mass is 9.92. The van der Waals surface area contributed by atoms with Crippen molar-refractivity contribution in [2.75, 3.05) is 6.54 Å². The summed E-state index contributed by atoms with van der Waals surface area (Å²) in [6.07, 6.45) is -3.99. The second-order valence-corrected chi connectivity index (χ2v) is 6.37. The number of hydrogen-bond acceptors (Lipinski definition) is 2. The van der Waals surface area contributed by atoms with E-state index in [-0.39, 0.29) is 0 Å². The molecule has 2 heterocycles. The molecule has 0 amide bonds. The normalized spacial score (nSPS) is 17.4. The third kappa shape index (κ3) is 4.02. The molecular weight excluding hydrogens is 345 g/mol. The van der Waals surface area contributed by atoms with E-state index in [2.05, 4.69) is 30.2 Å². The van der Waals surface area contributed by atoms with E-state index in [0.717, 1.165) is 23.5 Å². The van der Waals surface area contributed by atoms with Crippen LogP contribution in [-0.2, 0) is 11.2 Å². The number of aromatic nitrogens is 1. The summed E-state index contributed by atoms with van der Waals surface area (Å²) in [6.45, 7) is 5.57. The maximum atomic E-state index is 10.6. The quantitative estimate of drug-likeness (QED) is 0.708. The van der Waals surface area contributed by atoms with E-state index in [0.29, 0.717) is 12.0 Å². The third-order valence-electron chi connectivity index (χ3n) is 3.86. The minimum atomic E-state index is -5.08. The van der Waals surface area contributed by atoms with Crippen molar-refractivity contribution in [3.63, 3.8) is 0 Å². The first-order valence-electron chi connectivity index (χ1n) is 7.44. The van der Waals surface area contributed by atoms with Gasteiger partial charge in [-0.25, -0.2) is 4.79 Å². The molecule has 2 aromatic rings. The molecule has 132 valence electrons.